The molecule has 4 nitrogen and oxygen atoms in total. The predicted octanol–water partition coefficient (Wildman–Crippen LogP) is 1.75. The molecule has 0 saturated carbocycles. The molecule has 0 amide bonds. The zero-order chi connectivity index (χ0) is 9.97. The quantitative estimate of drug-likeness (QED) is 0.706. The maximum atomic E-state index is 5.80. The summed E-state index contributed by atoms with van der Waals surface area (Å²) in [7, 11) is 1.88. The van der Waals surface area contributed by atoms with Crippen molar-refractivity contribution >= 4 is 17.2 Å². The summed E-state index contributed by atoms with van der Waals surface area (Å²) in [5.41, 5.74) is 7.42. The van der Waals surface area contributed by atoms with Gasteiger partial charge in [-0.3, -0.25) is 4.68 Å². The van der Waals surface area contributed by atoms with Gasteiger partial charge in [-0.1, -0.05) is 12.1 Å². The monoisotopic (exact) mass is 188 g/mol. The third-order valence-electron chi connectivity index (χ3n) is 2.04. The number of nitrogen functional groups attached to an aromatic ring is 1. The van der Waals surface area contributed by atoms with E-state index in [1.54, 1.807) is 10.9 Å². The number of hydrogen-bond donors (Lipinski definition) is 2. The number of para-hydroxylation sites is 2. The minimum absolute atomic E-state index is 0.730. The van der Waals surface area contributed by atoms with Gasteiger partial charge in [0, 0.05) is 13.1 Å². The summed E-state index contributed by atoms with van der Waals surface area (Å²) < 4.78 is 1.76. The lowest BCUT2D eigenvalue weighted by Gasteiger charge is -2.08. The summed E-state index contributed by atoms with van der Waals surface area (Å²) in [4.78, 5) is 0. The lowest BCUT2D eigenvalue weighted by molar-refractivity contribution is 0.777. The molecule has 0 unspecified atom stereocenters. The van der Waals surface area contributed by atoms with Gasteiger partial charge in [0.05, 0.1) is 17.6 Å². The zero-order valence-electron chi connectivity index (χ0n) is 7.94. The average Bonchev–Trinajstić information content (AvgIpc) is 2.56. The number of nitrogens with two attached hydrogens (primary N) is 1. The van der Waals surface area contributed by atoms with Crippen molar-refractivity contribution in [1.29, 1.82) is 0 Å². The normalized spacial score (nSPS) is 10.1. The number of nitrogens with zero attached hydrogens (tertiary/aromatic N) is 2. The molecule has 0 radical (unpaired) electrons. The first-order valence-electron chi connectivity index (χ1n) is 4.37. The van der Waals surface area contributed by atoms with E-state index in [0.29, 0.717) is 0 Å². The summed E-state index contributed by atoms with van der Waals surface area (Å²) in [6, 6.07) is 9.53. The molecular formula is C10H12N4. The molecule has 72 valence electrons. The number of aromatic nitrogens is 2. The highest BCUT2D eigenvalue weighted by Gasteiger charge is 2.00. The molecule has 14 heavy (non-hydrogen) atoms. The van der Waals surface area contributed by atoms with Gasteiger partial charge in [-0.2, -0.15) is 5.10 Å². The Kier molecular flexibility index (Phi) is 2.10. The molecule has 4 heteroatoms. The van der Waals surface area contributed by atoms with E-state index in [0.717, 1.165) is 17.2 Å². The lowest BCUT2D eigenvalue weighted by Crippen LogP contribution is -2.01. The van der Waals surface area contributed by atoms with Crippen LogP contribution in [0.5, 0.6) is 0 Å². The van der Waals surface area contributed by atoms with Crippen molar-refractivity contribution < 1.29 is 0 Å². The Labute approximate surface area is 82.4 Å². The molecule has 0 saturated heterocycles. The second-order valence-corrected chi connectivity index (χ2v) is 3.05. The van der Waals surface area contributed by atoms with Gasteiger partial charge in [-0.25, -0.2) is 0 Å². The van der Waals surface area contributed by atoms with Crippen LogP contribution in [0.3, 0.4) is 0 Å². The van der Waals surface area contributed by atoms with E-state index in [1.807, 2.05) is 37.4 Å². The van der Waals surface area contributed by atoms with E-state index < -0.39 is 0 Å². The molecule has 0 atom stereocenters. The Bertz CT molecular complexity index is 433. The van der Waals surface area contributed by atoms with Crippen LogP contribution in [-0.4, -0.2) is 9.78 Å². The topological polar surface area (TPSA) is 55.9 Å². The van der Waals surface area contributed by atoms with Gasteiger partial charge >= 0.3 is 0 Å². The summed E-state index contributed by atoms with van der Waals surface area (Å²) in [6.07, 6.45) is 1.74. The van der Waals surface area contributed by atoms with Crippen molar-refractivity contribution in [1.82, 2.24) is 9.78 Å². The van der Waals surface area contributed by atoms with Crippen molar-refractivity contribution in [3.05, 3.63) is 36.5 Å². The van der Waals surface area contributed by atoms with E-state index in [2.05, 4.69) is 10.4 Å². The molecule has 3 N–H and O–H groups in total. The van der Waals surface area contributed by atoms with E-state index >= 15 is 0 Å². The maximum Gasteiger partial charge on any atom is 0.128 e. The van der Waals surface area contributed by atoms with E-state index in [1.165, 1.54) is 0 Å². The molecular weight excluding hydrogens is 176 g/mol. The largest absolute Gasteiger partial charge is 0.397 e. The van der Waals surface area contributed by atoms with Crippen LogP contribution in [0.25, 0.3) is 0 Å². The van der Waals surface area contributed by atoms with E-state index in [-0.39, 0.29) is 0 Å². The van der Waals surface area contributed by atoms with Crippen molar-refractivity contribution in [2.75, 3.05) is 11.1 Å². The lowest BCUT2D eigenvalue weighted by atomic mass is 10.3. The number of anilines is 3. The molecule has 0 fully saturated rings. The molecule has 1 aromatic heterocycles. The maximum absolute atomic E-state index is 5.80. The zero-order valence-corrected chi connectivity index (χ0v) is 7.94. The molecule has 0 aliphatic rings. The summed E-state index contributed by atoms with van der Waals surface area (Å²) >= 11 is 0. The van der Waals surface area contributed by atoms with Gasteiger partial charge < -0.3 is 11.1 Å². The Morgan fingerprint density at radius 2 is 2.07 bits per heavy atom. The summed E-state index contributed by atoms with van der Waals surface area (Å²) in [5.74, 6) is 0.919. The van der Waals surface area contributed by atoms with Crippen LogP contribution in [0.1, 0.15) is 0 Å². The average molecular weight is 188 g/mol. The molecule has 1 aromatic carbocycles. The molecule has 1 heterocycles. The third-order valence-corrected chi connectivity index (χ3v) is 2.04. The standard InChI is InChI=1S/C10H12N4/c1-14-10(6-7-12-14)13-9-5-3-2-4-8(9)11/h2-7,13H,11H2,1H3. The Morgan fingerprint density at radius 3 is 2.71 bits per heavy atom. The number of aryl methyl sites for hydroxylation is 1. The van der Waals surface area contributed by atoms with Crippen molar-refractivity contribution in [3.8, 4) is 0 Å². The summed E-state index contributed by atoms with van der Waals surface area (Å²) in [5, 5.41) is 7.25. The number of benzene rings is 1. The Morgan fingerprint density at radius 1 is 1.29 bits per heavy atom. The van der Waals surface area contributed by atoms with Crippen LogP contribution < -0.4 is 11.1 Å². The van der Waals surface area contributed by atoms with Gasteiger partial charge in [0.15, 0.2) is 0 Å². The van der Waals surface area contributed by atoms with Crippen LogP contribution in [0.15, 0.2) is 36.5 Å². The smallest absolute Gasteiger partial charge is 0.128 e. The first-order chi connectivity index (χ1) is 6.77. The van der Waals surface area contributed by atoms with Crippen molar-refractivity contribution in [2.24, 2.45) is 7.05 Å². The first kappa shape index (κ1) is 8.62. The SMILES string of the molecule is Cn1nccc1Nc1ccccc1N. The van der Waals surface area contributed by atoms with E-state index in [9.17, 15) is 0 Å². The molecule has 2 rings (SSSR count). The van der Waals surface area contributed by atoms with Gasteiger partial charge in [0.2, 0.25) is 0 Å². The van der Waals surface area contributed by atoms with Crippen LogP contribution in [0.4, 0.5) is 17.2 Å². The van der Waals surface area contributed by atoms with Gasteiger partial charge in [-0.15, -0.1) is 0 Å². The number of rotatable bonds is 2. The predicted molar refractivity (Wildman–Crippen MR) is 57.3 cm³/mol. The van der Waals surface area contributed by atoms with Crippen LogP contribution in [-0.2, 0) is 7.05 Å². The number of hydrogen-bond acceptors (Lipinski definition) is 3. The third kappa shape index (κ3) is 1.54. The Hall–Kier alpha value is -1.97. The number of nitrogens with one attached hydrogen (secondary N) is 1. The second-order valence-electron chi connectivity index (χ2n) is 3.05. The minimum Gasteiger partial charge on any atom is -0.397 e. The molecule has 0 spiro atoms. The molecule has 0 bridgehead atoms. The van der Waals surface area contributed by atoms with Crippen LogP contribution >= 0.6 is 0 Å². The fourth-order valence-electron chi connectivity index (χ4n) is 1.25. The molecule has 0 aliphatic carbocycles. The van der Waals surface area contributed by atoms with Gasteiger partial charge in [-0.05, 0) is 12.1 Å². The highest BCUT2D eigenvalue weighted by atomic mass is 15.3. The fraction of sp³-hybridized carbons (Fsp3) is 0.100. The highest BCUT2D eigenvalue weighted by molar-refractivity contribution is 5.70. The van der Waals surface area contributed by atoms with E-state index in [4.69, 9.17) is 5.73 Å². The van der Waals surface area contributed by atoms with Crippen molar-refractivity contribution in [3.63, 3.8) is 0 Å². The fourth-order valence-corrected chi connectivity index (χ4v) is 1.25. The minimum atomic E-state index is 0.730. The highest BCUT2D eigenvalue weighted by Crippen LogP contribution is 2.21. The van der Waals surface area contributed by atoms with Crippen LogP contribution in [0, 0.1) is 0 Å². The second kappa shape index (κ2) is 3.41. The van der Waals surface area contributed by atoms with Crippen molar-refractivity contribution in [2.45, 2.75) is 0 Å². The van der Waals surface area contributed by atoms with Gasteiger partial charge in [0.25, 0.3) is 0 Å². The molecule has 0 aliphatic heterocycles. The van der Waals surface area contributed by atoms with Gasteiger partial charge in [0.1, 0.15) is 5.82 Å². The molecule has 2 aromatic rings. The Balaban J connectivity index is 2.28. The summed E-state index contributed by atoms with van der Waals surface area (Å²) in [6.45, 7) is 0. The van der Waals surface area contributed by atoms with Crippen LogP contribution in [0.2, 0.25) is 0 Å². The first-order valence-corrected chi connectivity index (χ1v) is 4.37.